The molecule has 26 heavy (non-hydrogen) atoms. The smallest absolute Gasteiger partial charge is 0.320 e. The van der Waals surface area contributed by atoms with Crippen molar-refractivity contribution < 1.29 is 14.7 Å². The zero-order valence-electron chi connectivity index (χ0n) is 15.5. The van der Waals surface area contributed by atoms with Gasteiger partial charge in [-0.15, -0.1) is 0 Å². The number of carboxylic acid groups (broad SMARTS) is 1. The summed E-state index contributed by atoms with van der Waals surface area (Å²) in [5, 5.41) is 9.73. The largest absolute Gasteiger partial charge is 0.480 e. The molecule has 5 heteroatoms. The lowest BCUT2D eigenvalue weighted by Crippen LogP contribution is -2.44. The number of hydrogen-bond acceptors (Lipinski definition) is 3. The summed E-state index contributed by atoms with van der Waals surface area (Å²) in [6.45, 7) is 5.15. The van der Waals surface area contributed by atoms with Gasteiger partial charge in [-0.1, -0.05) is 29.8 Å². The van der Waals surface area contributed by atoms with E-state index in [4.69, 9.17) is 0 Å². The fourth-order valence-corrected chi connectivity index (χ4v) is 4.63. The third kappa shape index (κ3) is 3.50. The highest BCUT2D eigenvalue weighted by Gasteiger charge is 2.49. The van der Waals surface area contributed by atoms with Crippen LogP contribution in [0.5, 0.6) is 0 Å². The summed E-state index contributed by atoms with van der Waals surface area (Å²) in [4.78, 5) is 28.3. The van der Waals surface area contributed by atoms with Crippen molar-refractivity contribution in [2.45, 2.75) is 51.6 Å². The summed E-state index contributed by atoms with van der Waals surface area (Å²) < 4.78 is 0. The van der Waals surface area contributed by atoms with Crippen LogP contribution in [0.1, 0.15) is 43.2 Å². The Morgan fingerprint density at radius 3 is 2.38 bits per heavy atom. The van der Waals surface area contributed by atoms with Crippen molar-refractivity contribution in [2.75, 3.05) is 19.6 Å². The second-order valence-electron chi connectivity index (χ2n) is 8.55. The van der Waals surface area contributed by atoms with Crippen molar-refractivity contribution in [1.29, 1.82) is 0 Å². The molecule has 1 aliphatic carbocycles. The molecule has 2 saturated heterocycles. The molecular formula is C21H28N2O3. The minimum absolute atomic E-state index is 0.0497. The lowest BCUT2D eigenvalue weighted by Gasteiger charge is -2.39. The van der Waals surface area contributed by atoms with Gasteiger partial charge in [-0.2, -0.15) is 0 Å². The molecule has 2 aliphatic heterocycles. The Balaban J connectivity index is 1.43. The molecular weight excluding hydrogens is 328 g/mol. The van der Waals surface area contributed by atoms with E-state index >= 15 is 0 Å². The van der Waals surface area contributed by atoms with Crippen molar-refractivity contribution in [3.8, 4) is 0 Å². The van der Waals surface area contributed by atoms with Crippen LogP contribution < -0.4 is 0 Å². The maximum Gasteiger partial charge on any atom is 0.320 e. The SMILES string of the molecule is Cc1ccc(CN2CC3(CCN(C(=O)C4CC4)CC3)C[C@H]2C(=O)O)cc1. The van der Waals surface area contributed by atoms with E-state index in [0.717, 1.165) is 45.3 Å². The number of benzene rings is 1. The molecule has 4 rings (SSSR count). The van der Waals surface area contributed by atoms with Gasteiger partial charge in [0.1, 0.15) is 6.04 Å². The number of amides is 1. The average molecular weight is 356 g/mol. The maximum absolute atomic E-state index is 12.3. The molecule has 3 aliphatic rings. The minimum atomic E-state index is -0.717. The summed E-state index contributed by atoms with van der Waals surface area (Å²) in [5.41, 5.74) is 2.43. The second-order valence-corrected chi connectivity index (χ2v) is 8.55. The fourth-order valence-electron chi connectivity index (χ4n) is 4.63. The lowest BCUT2D eigenvalue weighted by molar-refractivity contribution is -0.142. The molecule has 1 aromatic carbocycles. The van der Waals surface area contributed by atoms with E-state index in [2.05, 4.69) is 36.1 Å². The first kappa shape index (κ1) is 17.5. The molecule has 2 heterocycles. The van der Waals surface area contributed by atoms with Crippen LogP contribution in [0.2, 0.25) is 0 Å². The third-order valence-corrected chi connectivity index (χ3v) is 6.46. The number of piperidine rings is 1. The highest BCUT2D eigenvalue weighted by Crippen LogP contribution is 2.45. The van der Waals surface area contributed by atoms with Crippen LogP contribution in [0.15, 0.2) is 24.3 Å². The second kappa shape index (κ2) is 6.69. The van der Waals surface area contributed by atoms with E-state index in [1.807, 2.05) is 4.90 Å². The Bertz CT molecular complexity index is 688. The summed E-state index contributed by atoms with van der Waals surface area (Å²) >= 11 is 0. The van der Waals surface area contributed by atoms with Crippen molar-refractivity contribution in [1.82, 2.24) is 9.80 Å². The van der Waals surface area contributed by atoms with Gasteiger partial charge < -0.3 is 10.0 Å². The average Bonchev–Trinajstić information content (AvgIpc) is 3.41. The number of aryl methyl sites for hydroxylation is 1. The molecule has 140 valence electrons. The number of rotatable bonds is 4. The zero-order valence-corrected chi connectivity index (χ0v) is 15.5. The quantitative estimate of drug-likeness (QED) is 0.901. The summed E-state index contributed by atoms with van der Waals surface area (Å²) in [6, 6.07) is 7.94. The van der Waals surface area contributed by atoms with Gasteiger partial charge in [-0.25, -0.2) is 0 Å². The number of carbonyl (C=O) groups is 2. The van der Waals surface area contributed by atoms with E-state index in [1.54, 1.807) is 0 Å². The molecule has 0 bridgehead atoms. The van der Waals surface area contributed by atoms with Crippen LogP contribution in [0.3, 0.4) is 0 Å². The van der Waals surface area contributed by atoms with Crippen LogP contribution in [0.4, 0.5) is 0 Å². The van der Waals surface area contributed by atoms with Crippen molar-refractivity contribution in [3.05, 3.63) is 35.4 Å². The molecule has 1 atom stereocenters. The van der Waals surface area contributed by atoms with Gasteiger partial charge in [-0.05, 0) is 50.0 Å². The van der Waals surface area contributed by atoms with Crippen LogP contribution in [0, 0.1) is 18.3 Å². The first-order valence-corrected chi connectivity index (χ1v) is 9.77. The lowest BCUT2D eigenvalue weighted by atomic mass is 9.76. The van der Waals surface area contributed by atoms with E-state index in [1.165, 1.54) is 11.1 Å². The first-order valence-electron chi connectivity index (χ1n) is 9.77. The number of likely N-dealkylation sites (tertiary alicyclic amines) is 2. The van der Waals surface area contributed by atoms with Gasteiger partial charge in [-0.3, -0.25) is 14.5 Å². The first-order chi connectivity index (χ1) is 12.5. The summed E-state index contributed by atoms with van der Waals surface area (Å²) in [7, 11) is 0. The zero-order chi connectivity index (χ0) is 18.3. The van der Waals surface area contributed by atoms with Gasteiger partial charge in [0.2, 0.25) is 5.91 Å². The molecule has 5 nitrogen and oxygen atoms in total. The monoisotopic (exact) mass is 356 g/mol. The van der Waals surface area contributed by atoms with E-state index in [0.29, 0.717) is 18.9 Å². The predicted molar refractivity (Wildman–Crippen MR) is 98.6 cm³/mol. The Kier molecular flexibility index (Phi) is 4.51. The van der Waals surface area contributed by atoms with Gasteiger partial charge in [0.25, 0.3) is 0 Å². The molecule has 0 radical (unpaired) electrons. The third-order valence-electron chi connectivity index (χ3n) is 6.46. The number of nitrogens with zero attached hydrogens (tertiary/aromatic N) is 2. The Hall–Kier alpha value is -1.88. The van der Waals surface area contributed by atoms with E-state index in [9.17, 15) is 14.7 Å². The van der Waals surface area contributed by atoms with Gasteiger partial charge in [0.15, 0.2) is 0 Å². The van der Waals surface area contributed by atoms with Gasteiger partial charge in [0, 0.05) is 32.1 Å². The Morgan fingerprint density at radius 1 is 1.15 bits per heavy atom. The van der Waals surface area contributed by atoms with Crippen molar-refractivity contribution in [3.63, 3.8) is 0 Å². The molecule has 1 amide bonds. The molecule has 1 aromatic rings. The molecule has 1 saturated carbocycles. The number of hydrogen-bond donors (Lipinski definition) is 1. The Morgan fingerprint density at radius 2 is 1.81 bits per heavy atom. The normalized spacial score (nSPS) is 25.6. The minimum Gasteiger partial charge on any atom is -0.480 e. The Labute approximate surface area is 155 Å². The number of carboxylic acids is 1. The van der Waals surface area contributed by atoms with E-state index < -0.39 is 12.0 Å². The molecule has 0 aromatic heterocycles. The number of carbonyl (C=O) groups excluding carboxylic acids is 1. The van der Waals surface area contributed by atoms with Crippen LogP contribution >= 0.6 is 0 Å². The van der Waals surface area contributed by atoms with Gasteiger partial charge >= 0.3 is 5.97 Å². The summed E-state index contributed by atoms with van der Waals surface area (Å²) in [6.07, 6.45) is 4.66. The predicted octanol–water partition coefficient (Wildman–Crippen LogP) is 2.67. The van der Waals surface area contributed by atoms with Crippen molar-refractivity contribution in [2.24, 2.45) is 11.3 Å². The highest BCUT2D eigenvalue weighted by atomic mass is 16.4. The molecule has 1 spiro atoms. The molecule has 3 fully saturated rings. The highest BCUT2D eigenvalue weighted by molar-refractivity contribution is 5.81. The number of aliphatic carboxylic acids is 1. The van der Waals surface area contributed by atoms with Crippen molar-refractivity contribution >= 4 is 11.9 Å². The van der Waals surface area contributed by atoms with Crippen LogP contribution in [0.25, 0.3) is 0 Å². The topological polar surface area (TPSA) is 60.9 Å². The summed E-state index contributed by atoms with van der Waals surface area (Å²) in [5.74, 6) is -0.118. The maximum atomic E-state index is 12.3. The van der Waals surface area contributed by atoms with Gasteiger partial charge in [0.05, 0.1) is 0 Å². The molecule has 1 N–H and O–H groups in total. The fraction of sp³-hybridized carbons (Fsp3) is 0.619. The molecule has 0 unspecified atom stereocenters. The standard InChI is InChI=1S/C21H28N2O3/c1-15-2-4-16(5-3-15)13-23-14-21(12-18(23)20(25)26)8-10-22(11-9-21)19(24)17-6-7-17/h2-5,17-18H,6-14H2,1H3,(H,25,26)/t18-/m0/s1. The van der Waals surface area contributed by atoms with Crippen LogP contribution in [-0.2, 0) is 16.1 Å². The van der Waals surface area contributed by atoms with E-state index in [-0.39, 0.29) is 11.3 Å². The van der Waals surface area contributed by atoms with Crippen LogP contribution in [-0.4, -0.2) is 52.5 Å².